The maximum atomic E-state index is 12.2. The second-order valence-electron chi connectivity index (χ2n) is 6.77. The Kier molecular flexibility index (Phi) is 6.45. The van der Waals surface area contributed by atoms with E-state index >= 15 is 0 Å². The minimum Gasteiger partial charge on any atom is -0.495 e. The van der Waals surface area contributed by atoms with E-state index in [0.717, 1.165) is 24.3 Å². The lowest BCUT2D eigenvalue weighted by atomic mass is 10.2. The molecule has 0 aliphatic carbocycles. The predicted molar refractivity (Wildman–Crippen MR) is 112 cm³/mol. The number of nitrogens with zero attached hydrogens (tertiary/aromatic N) is 1. The van der Waals surface area contributed by atoms with Crippen LogP contribution in [0.5, 0.6) is 5.75 Å². The Labute approximate surface area is 165 Å². The van der Waals surface area contributed by atoms with Gasteiger partial charge in [-0.3, -0.25) is 4.79 Å². The molecule has 1 amide bonds. The van der Waals surface area contributed by atoms with Gasteiger partial charge in [-0.1, -0.05) is 11.6 Å². The van der Waals surface area contributed by atoms with Crippen LogP contribution in [0.15, 0.2) is 36.4 Å². The number of carbonyl (C=O) groups is 1. The van der Waals surface area contributed by atoms with Crippen LogP contribution in [0, 0.1) is 6.92 Å². The summed E-state index contributed by atoms with van der Waals surface area (Å²) in [5.74, 6) is 0.487. The van der Waals surface area contributed by atoms with Gasteiger partial charge in [0.05, 0.1) is 12.8 Å². The Balaban J connectivity index is 1.49. The van der Waals surface area contributed by atoms with Crippen LogP contribution in [0.1, 0.15) is 24.8 Å². The number of hydrogen-bond acceptors (Lipinski definition) is 4. The summed E-state index contributed by atoms with van der Waals surface area (Å²) in [4.78, 5) is 14.7. The standard InChI is InChI=1S/C21H26ClN3O2/c1-15-13-19(20(27-2)14-18(15)22)24-21(26)9-10-23-16-5-7-17(8-6-16)25-11-3-4-12-25/h5-8,13-14,23H,3-4,9-12H2,1-2H3,(H,24,26). The number of methoxy groups -OCH3 is 1. The van der Waals surface area contributed by atoms with Crippen molar-refractivity contribution in [2.24, 2.45) is 0 Å². The van der Waals surface area contributed by atoms with Gasteiger partial charge >= 0.3 is 0 Å². The lowest BCUT2D eigenvalue weighted by Gasteiger charge is -2.18. The first-order valence-corrected chi connectivity index (χ1v) is 9.67. The molecule has 0 bridgehead atoms. The van der Waals surface area contributed by atoms with E-state index in [0.29, 0.717) is 29.4 Å². The number of benzene rings is 2. The maximum absolute atomic E-state index is 12.2. The van der Waals surface area contributed by atoms with E-state index in [1.807, 2.05) is 13.0 Å². The number of hydrogen-bond donors (Lipinski definition) is 2. The fraction of sp³-hybridized carbons (Fsp3) is 0.381. The molecule has 1 saturated heterocycles. The van der Waals surface area contributed by atoms with Gasteiger partial charge in [-0.25, -0.2) is 0 Å². The maximum Gasteiger partial charge on any atom is 0.226 e. The summed E-state index contributed by atoms with van der Waals surface area (Å²) < 4.78 is 5.29. The van der Waals surface area contributed by atoms with Crippen LogP contribution < -0.4 is 20.3 Å². The van der Waals surface area contributed by atoms with Crippen LogP contribution in [0.4, 0.5) is 17.1 Å². The van der Waals surface area contributed by atoms with Crippen molar-refractivity contribution in [1.29, 1.82) is 0 Å². The fourth-order valence-electron chi connectivity index (χ4n) is 3.23. The minimum atomic E-state index is -0.0730. The summed E-state index contributed by atoms with van der Waals surface area (Å²) in [5.41, 5.74) is 3.81. The first-order valence-electron chi connectivity index (χ1n) is 9.29. The zero-order chi connectivity index (χ0) is 19.2. The van der Waals surface area contributed by atoms with E-state index < -0.39 is 0 Å². The molecule has 1 heterocycles. The molecule has 1 aliphatic rings. The van der Waals surface area contributed by atoms with Crippen molar-refractivity contribution < 1.29 is 9.53 Å². The molecular weight excluding hydrogens is 362 g/mol. The van der Waals surface area contributed by atoms with E-state index in [4.69, 9.17) is 16.3 Å². The van der Waals surface area contributed by atoms with Crippen molar-refractivity contribution in [3.8, 4) is 5.75 Å². The van der Waals surface area contributed by atoms with Crippen LogP contribution in [-0.2, 0) is 4.79 Å². The highest BCUT2D eigenvalue weighted by molar-refractivity contribution is 6.31. The topological polar surface area (TPSA) is 53.6 Å². The van der Waals surface area contributed by atoms with Crippen LogP contribution in [0.25, 0.3) is 0 Å². The molecule has 2 aromatic rings. The molecule has 6 heteroatoms. The van der Waals surface area contributed by atoms with Crippen LogP contribution in [0.2, 0.25) is 5.02 Å². The van der Waals surface area contributed by atoms with Crippen molar-refractivity contribution in [3.63, 3.8) is 0 Å². The highest BCUT2D eigenvalue weighted by atomic mass is 35.5. The molecule has 2 N–H and O–H groups in total. The first kappa shape index (κ1) is 19.4. The fourth-order valence-corrected chi connectivity index (χ4v) is 3.38. The Bertz CT molecular complexity index is 787. The number of nitrogens with one attached hydrogen (secondary N) is 2. The van der Waals surface area contributed by atoms with Crippen LogP contribution >= 0.6 is 11.6 Å². The van der Waals surface area contributed by atoms with Gasteiger partial charge in [0.15, 0.2) is 0 Å². The number of amides is 1. The molecule has 1 fully saturated rings. The number of carbonyl (C=O) groups excluding carboxylic acids is 1. The summed E-state index contributed by atoms with van der Waals surface area (Å²) in [5, 5.41) is 6.80. The lowest BCUT2D eigenvalue weighted by Crippen LogP contribution is -2.18. The van der Waals surface area contributed by atoms with Crippen molar-refractivity contribution in [3.05, 3.63) is 47.0 Å². The second-order valence-corrected chi connectivity index (χ2v) is 7.17. The molecule has 0 atom stereocenters. The molecule has 0 aromatic heterocycles. The van der Waals surface area contributed by atoms with Gasteiger partial charge in [-0.05, 0) is 55.7 Å². The largest absolute Gasteiger partial charge is 0.495 e. The third-order valence-electron chi connectivity index (χ3n) is 4.77. The monoisotopic (exact) mass is 387 g/mol. The van der Waals surface area contributed by atoms with Gasteiger partial charge in [-0.2, -0.15) is 0 Å². The summed E-state index contributed by atoms with van der Waals surface area (Å²) in [6.45, 7) is 4.73. The Morgan fingerprint density at radius 3 is 2.56 bits per heavy atom. The zero-order valence-electron chi connectivity index (χ0n) is 15.8. The van der Waals surface area contributed by atoms with Gasteiger partial charge in [0.1, 0.15) is 5.75 Å². The molecule has 0 unspecified atom stereocenters. The third kappa shape index (κ3) is 5.07. The number of ether oxygens (including phenoxy) is 1. The Morgan fingerprint density at radius 1 is 1.19 bits per heavy atom. The van der Waals surface area contributed by atoms with Gasteiger partial charge in [0.25, 0.3) is 0 Å². The number of halogens is 1. The van der Waals surface area contributed by atoms with Crippen molar-refractivity contribution in [2.45, 2.75) is 26.2 Å². The Hall–Kier alpha value is -2.40. The molecule has 0 radical (unpaired) electrons. The van der Waals surface area contributed by atoms with Gasteiger partial charge < -0.3 is 20.3 Å². The number of anilines is 3. The number of rotatable bonds is 7. The molecule has 2 aromatic carbocycles. The van der Waals surface area contributed by atoms with E-state index in [2.05, 4.69) is 39.8 Å². The van der Waals surface area contributed by atoms with Crippen molar-refractivity contribution in [1.82, 2.24) is 0 Å². The predicted octanol–water partition coefficient (Wildman–Crippen LogP) is 4.70. The molecule has 3 rings (SSSR count). The first-order chi connectivity index (χ1) is 13.1. The smallest absolute Gasteiger partial charge is 0.226 e. The lowest BCUT2D eigenvalue weighted by molar-refractivity contribution is -0.116. The normalized spacial score (nSPS) is 13.5. The Morgan fingerprint density at radius 2 is 1.89 bits per heavy atom. The van der Waals surface area contributed by atoms with Crippen LogP contribution in [-0.4, -0.2) is 32.7 Å². The quantitative estimate of drug-likeness (QED) is 0.723. The van der Waals surface area contributed by atoms with Gasteiger partial charge in [0.2, 0.25) is 5.91 Å². The molecule has 144 valence electrons. The molecule has 27 heavy (non-hydrogen) atoms. The van der Waals surface area contributed by atoms with Crippen LogP contribution in [0.3, 0.4) is 0 Å². The van der Waals surface area contributed by atoms with E-state index in [9.17, 15) is 4.79 Å². The third-order valence-corrected chi connectivity index (χ3v) is 5.18. The average Bonchev–Trinajstić information content (AvgIpc) is 3.20. The van der Waals surface area contributed by atoms with Gasteiger partial charge in [-0.15, -0.1) is 0 Å². The molecule has 0 spiro atoms. The van der Waals surface area contributed by atoms with Crippen molar-refractivity contribution >= 4 is 34.6 Å². The zero-order valence-corrected chi connectivity index (χ0v) is 16.6. The average molecular weight is 388 g/mol. The molecule has 0 saturated carbocycles. The highest BCUT2D eigenvalue weighted by Gasteiger charge is 2.12. The second kappa shape index (κ2) is 9.00. The van der Waals surface area contributed by atoms with Gasteiger partial charge in [0, 0.05) is 48.5 Å². The summed E-state index contributed by atoms with van der Waals surface area (Å²) in [6, 6.07) is 11.9. The van der Waals surface area contributed by atoms with E-state index in [-0.39, 0.29) is 5.91 Å². The van der Waals surface area contributed by atoms with Crippen molar-refractivity contribution in [2.75, 3.05) is 42.3 Å². The number of aryl methyl sites for hydroxylation is 1. The molecular formula is C21H26ClN3O2. The van der Waals surface area contributed by atoms with E-state index in [1.165, 1.54) is 18.5 Å². The van der Waals surface area contributed by atoms with E-state index in [1.54, 1.807) is 13.2 Å². The molecule has 1 aliphatic heterocycles. The molecule has 5 nitrogen and oxygen atoms in total. The highest BCUT2D eigenvalue weighted by Crippen LogP contribution is 2.31. The summed E-state index contributed by atoms with van der Waals surface area (Å²) in [6.07, 6.45) is 2.90. The SMILES string of the molecule is COc1cc(Cl)c(C)cc1NC(=O)CCNc1ccc(N2CCCC2)cc1. The summed E-state index contributed by atoms with van der Waals surface area (Å²) in [7, 11) is 1.56. The summed E-state index contributed by atoms with van der Waals surface area (Å²) >= 11 is 6.10. The minimum absolute atomic E-state index is 0.0730.